The molecule has 1 unspecified atom stereocenters. The number of benzene rings is 2. The SMILES string of the molecule is C=C[C@@H]1C[C@]1(NC(=O)[C@@H]1CC(Oc2cc(-c3ccccc3)nc3cc(OC)ccc23)CN1C(=O)[C@H](Cn1cccc1O)NC(=O)OC(C)(C)C)C(=O)NS(=O)(=O)C1CC1. The first-order valence-corrected chi connectivity index (χ1v) is 20.9. The van der Waals surface area contributed by atoms with Crippen LogP contribution in [0.1, 0.15) is 46.5 Å². The number of carbonyl (C=O) groups excluding carboxylic acids is 4. The van der Waals surface area contributed by atoms with Gasteiger partial charge in [0.15, 0.2) is 5.88 Å². The smallest absolute Gasteiger partial charge is 0.408 e. The summed E-state index contributed by atoms with van der Waals surface area (Å²) in [5.74, 6) is -2.06. The van der Waals surface area contributed by atoms with Crippen molar-refractivity contribution in [3.05, 3.63) is 85.6 Å². The molecule has 2 aromatic carbocycles. The van der Waals surface area contributed by atoms with Crippen LogP contribution in [0.3, 0.4) is 0 Å². The number of methoxy groups -OCH3 is 1. The van der Waals surface area contributed by atoms with Gasteiger partial charge in [-0.15, -0.1) is 6.58 Å². The van der Waals surface area contributed by atoms with Gasteiger partial charge in [0.25, 0.3) is 5.91 Å². The molecule has 2 aliphatic carbocycles. The summed E-state index contributed by atoms with van der Waals surface area (Å²) in [6.45, 7) is 8.42. The van der Waals surface area contributed by atoms with E-state index in [2.05, 4.69) is 21.9 Å². The zero-order chi connectivity index (χ0) is 42.3. The minimum absolute atomic E-state index is 0.0526. The number of likely N-dealkylation sites (tertiary alicyclic amines) is 1. The summed E-state index contributed by atoms with van der Waals surface area (Å²) in [7, 11) is -2.40. The van der Waals surface area contributed by atoms with Crippen LogP contribution in [0.4, 0.5) is 4.79 Å². The molecule has 4 N–H and O–H groups in total. The first kappa shape index (κ1) is 41.1. The molecule has 2 saturated carbocycles. The molecule has 3 aliphatic rings. The van der Waals surface area contributed by atoms with Crippen LogP contribution >= 0.6 is 0 Å². The van der Waals surface area contributed by atoms with E-state index >= 15 is 0 Å². The quantitative estimate of drug-likeness (QED) is 0.134. The lowest BCUT2D eigenvalue weighted by Crippen LogP contribution is -2.59. The van der Waals surface area contributed by atoms with Crippen LogP contribution in [-0.4, -0.2) is 100 Å². The summed E-state index contributed by atoms with van der Waals surface area (Å²) in [5.41, 5.74) is -0.530. The highest BCUT2D eigenvalue weighted by Crippen LogP contribution is 2.45. The molecule has 5 atom stereocenters. The third-order valence-electron chi connectivity index (χ3n) is 10.6. The number of ether oxygens (including phenoxy) is 3. The first-order valence-electron chi connectivity index (χ1n) is 19.4. The van der Waals surface area contributed by atoms with Crippen molar-refractivity contribution < 1.29 is 46.9 Å². The Hall–Kier alpha value is -6.10. The molecule has 0 radical (unpaired) electrons. The Morgan fingerprint density at radius 2 is 1.81 bits per heavy atom. The summed E-state index contributed by atoms with van der Waals surface area (Å²) >= 11 is 0. The second kappa shape index (κ2) is 15.9. The van der Waals surface area contributed by atoms with E-state index in [9.17, 15) is 32.7 Å². The summed E-state index contributed by atoms with van der Waals surface area (Å²) in [4.78, 5) is 62.2. The number of aromatic hydroxyl groups is 1. The summed E-state index contributed by atoms with van der Waals surface area (Å²) < 4.78 is 46.8. The third kappa shape index (κ3) is 8.99. The number of fused-ring (bicyclic) bond motifs is 1. The maximum atomic E-state index is 14.8. The van der Waals surface area contributed by atoms with E-state index in [1.54, 1.807) is 58.2 Å². The van der Waals surface area contributed by atoms with Gasteiger partial charge in [-0.25, -0.2) is 18.2 Å². The van der Waals surface area contributed by atoms with E-state index in [-0.39, 0.29) is 31.8 Å². The molecule has 4 amide bonds. The number of carbonyl (C=O) groups is 4. The lowest BCUT2D eigenvalue weighted by Gasteiger charge is -2.30. The highest BCUT2D eigenvalue weighted by atomic mass is 32.2. The highest BCUT2D eigenvalue weighted by Gasteiger charge is 2.62. The normalized spacial score (nSPS) is 21.9. The van der Waals surface area contributed by atoms with Crippen LogP contribution in [0.15, 0.2) is 85.6 Å². The molecule has 1 saturated heterocycles. The number of nitrogens with one attached hydrogen (secondary N) is 3. The zero-order valence-electron chi connectivity index (χ0n) is 33.2. The van der Waals surface area contributed by atoms with E-state index in [0.717, 1.165) is 5.56 Å². The number of hydrogen-bond acceptors (Lipinski definition) is 11. The van der Waals surface area contributed by atoms with Gasteiger partial charge < -0.3 is 39.4 Å². The van der Waals surface area contributed by atoms with Crippen molar-refractivity contribution in [2.24, 2.45) is 5.92 Å². The number of amides is 4. The van der Waals surface area contributed by atoms with E-state index in [0.29, 0.717) is 40.9 Å². The fraction of sp³-hybridized carbons (Fsp3) is 0.405. The molecule has 3 fully saturated rings. The van der Waals surface area contributed by atoms with Gasteiger partial charge in [0.1, 0.15) is 40.8 Å². The first-order chi connectivity index (χ1) is 28.0. The van der Waals surface area contributed by atoms with Gasteiger partial charge in [0, 0.05) is 41.6 Å². The van der Waals surface area contributed by atoms with Crippen LogP contribution < -0.4 is 24.8 Å². The van der Waals surface area contributed by atoms with Crippen LogP contribution in [-0.2, 0) is 35.7 Å². The number of aromatic nitrogens is 2. The minimum Gasteiger partial charge on any atom is -0.497 e. The molecule has 17 heteroatoms. The Balaban J connectivity index is 1.23. The molecule has 59 heavy (non-hydrogen) atoms. The average molecular weight is 829 g/mol. The van der Waals surface area contributed by atoms with E-state index in [4.69, 9.17) is 19.2 Å². The lowest BCUT2D eigenvalue weighted by molar-refractivity contribution is -0.141. The van der Waals surface area contributed by atoms with Gasteiger partial charge >= 0.3 is 6.09 Å². The van der Waals surface area contributed by atoms with Crippen LogP contribution in [0.5, 0.6) is 17.4 Å². The largest absolute Gasteiger partial charge is 0.497 e. The van der Waals surface area contributed by atoms with Crippen LogP contribution in [0.25, 0.3) is 22.2 Å². The molecule has 1 aliphatic heterocycles. The number of hydrogen-bond donors (Lipinski definition) is 4. The van der Waals surface area contributed by atoms with Gasteiger partial charge in [0.05, 0.1) is 36.7 Å². The van der Waals surface area contributed by atoms with Crippen molar-refractivity contribution in [2.75, 3.05) is 13.7 Å². The predicted octanol–water partition coefficient (Wildman–Crippen LogP) is 4.03. The molecule has 0 spiro atoms. The van der Waals surface area contributed by atoms with E-state index in [1.165, 1.54) is 27.8 Å². The molecule has 7 rings (SSSR count). The van der Waals surface area contributed by atoms with Crippen LogP contribution in [0, 0.1) is 5.92 Å². The summed E-state index contributed by atoms with van der Waals surface area (Å²) in [6, 6.07) is 17.0. The summed E-state index contributed by atoms with van der Waals surface area (Å²) in [6.07, 6.45) is 2.21. The van der Waals surface area contributed by atoms with Gasteiger partial charge in [-0.1, -0.05) is 36.4 Å². The maximum Gasteiger partial charge on any atom is 0.408 e. The van der Waals surface area contributed by atoms with Crippen molar-refractivity contribution in [3.63, 3.8) is 0 Å². The Morgan fingerprint density at radius 1 is 1.07 bits per heavy atom. The Kier molecular flexibility index (Phi) is 11.1. The molecule has 2 aromatic heterocycles. The Bertz CT molecular complexity index is 2390. The molecular formula is C42H48N6O10S. The standard InChI is InChI=1S/C42H48N6O10S/c1-6-26-22-42(26,39(52)46-59(54,55)29-15-16-29)45-37(50)34-20-28(23-48(34)38(51)33(24-47-18-10-13-36(47)49)44-40(53)58-41(2,3)4)57-35-21-31(25-11-8-7-9-12-25)43-32-19-27(56-5)14-17-30(32)35/h6-14,17-19,21,26,28-29,33-34,49H,1,15-16,20,22-24H2,2-5H3,(H,44,53)(H,45,50)(H,46,52)/t26-,28?,33+,34+,42-/m1/s1. The Morgan fingerprint density at radius 3 is 2.44 bits per heavy atom. The second-order valence-electron chi connectivity index (χ2n) is 16.1. The van der Waals surface area contributed by atoms with Crippen LogP contribution in [0.2, 0.25) is 0 Å². The highest BCUT2D eigenvalue weighted by molar-refractivity contribution is 7.91. The van der Waals surface area contributed by atoms with Gasteiger partial charge in [-0.3, -0.25) is 19.1 Å². The Labute approximate surface area is 342 Å². The monoisotopic (exact) mass is 828 g/mol. The molecule has 16 nitrogen and oxygen atoms in total. The molecular weight excluding hydrogens is 781 g/mol. The van der Waals surface area contributed by atoms with Gasteiger partial charge in [-0.2, -0.15) is 0 Å². The molecule has 3 heterocycles. The predicted molar refractivity (Wildman–Crippen MR) is 217 cm³/mol. The zero-order valence-corrected chi connectivity index (χ0v) is 34.0. The molecule has 312 valence electrons. The van der Waals surface area contributed by atoms with E-state index in [1.807, 2.05) is 30.3 Å². The van der Waals surface area contributed by atoms with Gasteiger partial charge in [-0.05, 0) is 64.3 Å². The number of alkyl carbamates (subject to hydrolysis) is 1. The summed E-state index contributed by atoms with van der Waals surface area (Å²) in [5, 5.41) is 15.9. The van der Waals surface area contributed by atoms with Crippen molar-refractivity contribution in [1.29, 1.82) is 0 Å². The topological polar surface area (TPSA) is 207 Å². The average Bonchev–Trinajstić information content (AvgIpc) is 4.09. The van der Waals surface area contributed by atoms with Crippen molar-refractivity contribution in [3.8, 4) is 28.6 Å². The second-order valence-corrected chi connectivity index (χ2v) is 18.1. The fourth-order valence-corrected chi connectivity index (χ4v) is 8.69. The van der Waals surface area contributed by atoms with Crippen molar-refractivity contribution in [1.82, 2.24) is 29.8 Å². The molecule has 0 bridgehead atoms. The minimum atomic E-state index is -3.95. The number of nitrogens with zero attached hydrogens (tertiary/aromatic N) is 3. The lowest BCUT2D eigenvalue weighted by atomic mass is 10.1. The van der Waals surface area contributed by atoms with Crippen molar-refractivity contribution >= 4 is 44.7 Å². The van der Waals surface area contributed by atoms with E-state index < -0.39 is 74.3 Å². The number of pyridine rings is 1. The van der Waals surface area contributed by atoms with Gasteiger partial charge in [0.2, 0.25) is 21.8 Å². The van der Waals surface area contributed by atoms with Crippen molar-refractivity contribution in [2.45, 2.75) is 87.6 Å². The third-order valence-corrected chi connectivity index (χ3v) is 12.4. The molecule has 4 aromatic rings. The number of rotatable bonds is 14. The maximum absolute atomic E-state index is 14.8. The number of sulfonamides is 1. The fourth-order valence-electron chi connectivity index (χ4n) is 7.32.